The molecule has 2 nitrogen and oxygen atoms in total. The van der Waals surface area contributed by atoms with E-state index < -0.39 is 0 Å². The van der Waals surface area contributed by atoms with Gasteiger partial charge in [0.1, 0.15) is 0 Å². The molecule has 0 radical (unpaired) electrons. The molecule has 2 atom stereocenters. The van der Waals surface area contributed by atoms with Crippen molar-refractivity contribution >= 4 is 22.5 Å². The smallest absolute Gasteiger partial charge is 0.0702 e. The Morgan fingerprint density at radius 3 is 2.89 bits per heavy atom. The summed E-state index contributed by atoms with van der Waals surface area (Å²) in [6.07, 6.45) is 2.81. The predicted molar refractivity (Wildman–Crippen MR) is 78.0 cm³/mol. The van der Waals surface area contributed by atoms with Crippen LogP contribution in [0.1, 0.15) is 25.8 Å². The normalized spacial score (nSPS) is 14.6. The average Bonchev–Trinajstić information content (AvgIpc) is 2.35. The quantitative estimate of drug-likeness (QED) is 0.831. The van der Waals surface area contributed by atoms with E-state index >= 15 is 0 Å². The van der Waals surface area contributed by atoms with Crippen molar-refractivity contribution in [2.24, 2.45) is 0 Å². The highest BCUT2D eigenvalue weighted by atomic mass is 35.5. The van der Waals surface area contributed by atoms with Gasteiger partial charge in [0.2, 0.25) is 0 Å². The Bertz CT molecular complexity index is 511. The summed E-state index contributed by atoms with van der Waals surface area (Å²) in [5.41, 5.74) is 2.33. The third-order valence-electron chi connectivity index (χ3n) is 3.00. The predicted octanol–water partition coefficient (Wildman–Crippen LogP) is 3.73. The van der Waals surface area contributed by atoms with Crippen LogP contribution in [0, 0.1) is 0 Å². The SMILES string of the molecule is CC(Cl)CC(C)NCc1ccc2ncccc2c1. The van der Waals surface area contributed by atoms with Gasteiger partial charge in [-0.3, -0.25) is 4.98 Å². The van der Waals surface area contributed by atoms with Crippen molar-refractivity contribution in [1.29, 1.82) is 0 Å². The third kappa shape index (κ3) is 3.69. The zero-order chi connectivity index (χ0) is 13.0. The molecule has 0 fully saturated rings. The number of hydrogen-bond donors (Lipinski definition) is 1. The maximum Gasteiger partial charge on any atom is 0.0702 e. The highest BCUT2D eigenvalue weighted by Gasteiger charge is 2.05. The number of halogens is 1. The lowest BCUT2D eigenvalue weighted by Gasteiger charge is -2.15. The number of rotatable bonds is 5. The van der Waals surface area contributed by atoms with E-state index in [0.717, 1.165) is 18.5 Å². The van der Waals surface area contributed by atoms with Crippen LogP contribution in [0.4, 0.5) is 0 Å². The Kier molecular flexibility index (Phi) is 4.56. The number of alkyl halides is 1. The van der Waals surface area contributed by atoms with Gasteiger partial charge in [0.25, 0.3) is 0 Å². The first-order valence-corrected chi connectivity index (χ1v) is 6.80. The van der Waals surface area contributed by atoms with E-state index in [1.807, 2.05) is 19.2 Å². The largest absolute Gasteiger partial charge is 0.310 e. The fraction of sp³-hybridized carbons (Fsp3) is 0.400. The number of nitrogens with one attached hydrogen (secondary N) is 1. The lowest BCUT2D eigenvalue weighted by molar-refractivity contribution is 0.511. The van der Waals surface area contributed by atoms with Crippen molar-refractivity contribution in [1.82, 2.24) is 10.3 Å². The number of fused-ring (bicyclic) bond motifs is 1. The maximum absolute atomic E-state index is 5.98. The topological polar surface area (TPSA) is 24.9 Å². The zero-order valence-corrected chi connectivity index (χ0v) is 11.6. The van der Waals surface area contributed by atoms with Crippen LogP contribution in [0.5, 0.6) is 0 Å². The first kappa shape index (κ1) is 13.3. The molecule has 0 amide bonds. The zero-order valence-electron chi connectivity index (χ0n) is 10.9. The number of hydrogen-bond acceptors (Lipinski definition) is 2. The van der Waals surface area contributed by atoms with Crippen LogP contribution in [0.3, 0.4) is 0 Å². The molecular formula is C15H19ClN2. The van der Waals surface area contributed by atoms with Gasteiger partial charge >= 0.3 is 0 Å². The summed E-state index contributed by atoms with van der Waals surface area (Å²) >= 11 is 5.98. The highest BCUT2D eigenvalue weighted by molar-refractivity contribution is 6.20. The summed E-state index contributed by atoms with van der Waals surface area (Å²) in [5.74, 6) is 0. The standard InChI is InChI=1S/C15H19ClN2/c1-11(16)8-12(2)18-10-13-5-6-15-14(9-13)4-3-7-17-15/h3-7,9,11-12,18H,8,10H2,1-2H3. The second-order valence-electron chi connectivity index (χ2n) is 4.83. The van der Waals surface area contributed by atoms with Crippen molar-refractivity contribution in [3.8, 4) is 0 Å². The monoisotopic (exact) mass is 262 g/mol. The Hall–Kier alpha value is -1.12. The molecule has 0 bridgehead atoms. The Morgan fingerprint density at radius 2 is 2.11 bits per heavy atom. The van der Waals surface area contributed by atoms with Crippen LogP contribution >= 0.6 is 11.6 Å². The minimum Gasteiger partial charge on any atom is -0.310 e. The van der Waals surface area contributed by atoms with Gasteiger partial charge < -0.3 is 5.32 Å². The molecule has 2 unspecified atom stereocenters. The lowest BCUT2D eigenvalue weighted by Crippen LogP contribution is -2.27. The molecule has 0 spiro atoms. The first-order chi connectivity index (χ1) is 8.65. The lowest BCUT2D eigenvalue weighted by atomic mass is 10.1. The molecule has 1 aromatic carbocycles. The van der Waals surface area contributed by atoms with Gasteiger partial charge in [-0.05, 0) is 44.0 Å². The molecule has 0 saturated carbocycles. The van der Waals surface area contributed by atoms with Gasteiger partial charge in [-0.1, -0.05) is 12.1 Å². The molecule has 1 heterocycles. The highest BCUT2D eigenvalue weighted by Crippen LogP contribution is 2.13. The molecule has 0 aliphatic heterocycles. The summed E-state index contributed by atoms with van der Waals surface area (Å²) in [4.78, 5) is 4.32. The summed E-state index contributed by atoms with van der Waals surface area (Å²) in [7, 11) is 0. The van der Waals surface area contributed by atoms with Gasteiger partial charge in [0.15, 0.2) is 0 Å². The second kappa shape index (κ2) is 6.17. The van der Waals surface area contributed by atoms with Gasteiger partial charge in [0.05, 0.1) is 5.52 Å². The van der Waals surface area contributed by atoms with Crippen molar-refractivity contribution in [3.05, 3.63) is 42.1 Å². The van der Waals surface area contributed by atoms with Crippen LogP contribution in [0.15, 0.2) is 36.5 Å². The molecule has 0 aliphatic rings. The molecular weight excluding hydrogens is 244 g/mol. The molecule has 2 aromatic rings. The average molecular weight is 263 g/mol. The van der Waals surface area contributed by atoms with Crippen LogP contribution in [-0.2, 0) is 6.54 Å². The third-order valence-corrected chi connectivity index (χ3v) is 3.18. The summed E-state index contributed by atoms with van der Waals surface area (Å²) in [6, 6.07) is 10.9. The number of nitrogens with zero attached hydrogens (tertiary/aromatic N) is 1. The van der Waals surface area contributed by atoms with Crippen molar-refractivity contribution in [3.63, 3.8) is 0 Å². The summed E-state index contributed by atoms with van der Waals surface area (Å²) < 4.78 is 0. The van der Waals surface area contributed by atoms with E-state index in [1.165, 1.54) is 10.9 Å². The number of benzene rings is 1. The van der Waals surface area contributed by atoms with Gasteiger partial charge in [-0.25, -0.2) is 0 Å². The van der Waals surface area contributed by atoms with Gasteiger partial charge in [0, 0.05) is 29.5 Å². The first-order valence-electron chi connectivity index (χ1n) is 6.36. The van der Waals surface area contributed by atoms with E-state index in [2.05, 4.69) is 41.5 Å². The van der Waals surface area contributed by atoms with Crippen molar-refractivity contribution in [2.45, 2.75) is 38.2 Å². The van der Waals surface area contributed by atoms with E-state index in [1.54, 1.807) is 0 Å². The fourth-order valence-electron chi connectivity index (χ4n) is 2.10. The summed E-state index contributed by atoms with van der Waals surface area (Å²) in [6.45, 7) is 5.07. The van der Waals surface area contributed by atoms with Crippen LogP contribution in [-0.4, -0.2) is 16.4 Å². The molecule has 1 aromatic heterocycles. The van der Waals surface area contributed by atoms with E-state index in [9.17, 15) is 0 Å². The Balaban J connectivity index is 1.99. The Labute approximate surface area is 113 Å². The molecule has 18 heavy (non-hydrogen) atoms. The van der Waals surface area contributed by atoms with Crippen molar-refractivity contribution < 1.29 is 0 Å². The fourth-order valence-corrected chi connectivity index (χ4v) is 2.36. The second-order valence-corrected chi connectivity index (χ2v) is 5.57. The van der Waals surface area contributed by atoms with Crippen LogP contribution in [0.25, 0.3) is 10.9 Å². The molecule has 2 rings (SSSR count). The van der Waals surface area contributed by atoms with E-state index in [-0.39, 0.29) is 5.38 Å². The van der Waals surface area contributed by atoms with E-state index in [0.29, 0.717) is 6.04 Å². The molecule has 0 aliphatic carbocycles. The van der Waals surface area contributed by atoms with Gasteiger partial charge in [-0.2, -0.15) is 0 Å². The molecule has 96 valence electrons. The summed E-state index contributed by atoms with van der Waals surface area (Å²) in [5, 5.41) is 4.90. The number of aromatic nitrogens is 1. The molecule has 1 N–H and O–H groups in total. The maximum atomic E-state index is 5.98. The number of pyridine rings is 1. The molecule has 0 saturated heterocycles. The van der Waals surface area contributed by atoms with Crippen molar-refractivity contribution in [2.75, 3.05) is 0 Å². The minimum absolute atomic E-state index is 0.216. The van der Waals surface area contributed by atoms with Gasteiger partial charge in [-0.15, -0.1) is 11.6 Å². The van der Waals surface area contributed by atoms with Crippen LogP contribution in [0.2, 0.25) is 0 Å². The van der Waals surface area contributed by atoms with E-state index in [4.69, 9.17) is 11.6 Å². The van der Waals surface area contributed by atoms with Crippen LogP contribution < -0.4 is 5.32 Å². The minimum atomic E-state index is 0.216. The molecule has 3 heteroatoms. The Morgan fingerprint density at radius 1 is 1.28 bits per heavy atom.